The molecule has 2 fully saturated rings. The molecule has 2 aromatic carbocycles. The Morgan fingerprint density at radius 1 is 0.966 bits per heavy atom. The standard InChI is InChI=1S/C24H30FN3O/c1-18-5-3-7-23(19(18)2)24(29)28-12-4-6-22(17-28)27-15-13-26(14-16-27)21-10-8-20(25)9-11-21/h3,5,7-11,22H,4,6,12-17H2,1-2H3/t22-/m1/s1. The molecular weight excluding hydrogens is 365 g/mol. The SMILES string of the molecule is Cc1cccc(C(=O)N2CCC[C@@H](N3CCN(c4ccc(F)cc4)CC3)C2)c1C. The third-order valence-corrected chi connectivity index (χ3v) is 6.54. The molecule has 2 aliphatic heterocycles. The maximum absolute atomic E-state index is 13.2. The van der Waals surface area contributed by atoms with Crippen LogP contribution in [0.15, 0.2) is 42.5 Å². The number of piperidine rings is 1. The van der Waals surface area contributed by atoms with Gasteiger partial charge in [0.05, 0.1) is 0 Å². The number of anilines is 1. The van der Waals surface area contributed by atoms with E-state index in [4.69, 9.17) is 0 Å². The maximum Gasteiger partial charge on any atom is 0.254 e. The van der Waals surface area contributed by atoms with Crippen molar-refractivity contribution in [2.24, 2.45) is 0 Å². The van der Waals surface area contributed by atoms with E-state index in [1.807, 2.05) is 36.1 Å². The van der Waals surface area contributed by atoms with Crippen LogP contribution in [0.5, 0.6) is 0 Å². The van der Waals surface area contributed by atoms with Gasteiger partial charge in [-0.3, -0.25) is 9.69 Å². The van der Waals surface area contributed by atoms with Crippen molar-refractivity contribution in [3.8, 4) is 0 Å². The second-order valence-corrected chi connectivity index (χ2v) is 8.29. The fourth-order valence-electron chi connectivity index (χ4n) is 4.59. The monoisotopic (exact) mass is 395 g/mol. The lowest BCUT2D eigenvalue weighted by Crippen LogP contribution is -2.56. The van der Waals surface area contributed by atoms with Crippen LogP contribution in [0.1, 0.15) is 34.3 Å². The highest BCUT2D eigenvalue weighted by Crippen LogP contribution is 2.23. The zero-order chi connectivity index (χ0) is 20.4. The Morgan fingerprint density at radius 3 is 2.41 bits per heavy atom. The summed E-state index contributed by atoms with van der Waals surface area (Å²) in [6, 6.07) is 13.2. The molecule has 1 amide bonds. The third kappa shape index (κ3) is 4.30. The van der Waals surface area contributed by atoms with Gasteiger partial charge in [0.1, 0.15) is 5.82 Å². The third-order valence-electron chi connectivity index (χ3n) is 6.54. The Bertz CT molecular complexity index is 859. The maximum atomic E-state index is 13.2. The summed E-state index contributed by atoms with van der Waals surface area (Å²) in [4.78, 5) is 20.0. The van der Waals surface area contributed by atoms with Crippen molar-refractivity contribution in [3.63, 3.8) is 0 Å². The highest BCUT2D eigenvalue weighted by molar-refractivity contribution is 5.96. The van der Waals surface area contributed by atoms with Gasteiger partial charge in [-0.1, -0.05) is 12.1 Å². The first-order valence-corrected chi connectivity index (χ1v) is 10.6. The number of halogens is 1. The van der Waals surface area contributed by atoms with Crippen LogP contribution in [0.4, 0.5) is 10.1 Å². The molecule has 0 spiro atoms. The molecule has 0 bridgehead atoms. The second-order valence-electron chi connectivity index (χ2n) is 8.29. The van der Waals surface area contributed by atoms with Gasteiger partial charge in [0.15, 0.2) is 0 Å². The van der Waals surface area contributed by atoms with Gasteiger partial charge in [-0.2, -0.15) is 0 Å². The van der Waals surface area contributed by atoms with Gasteiger partial charge in [0.25, 0.3) is 5.91 Å². The number of hydrogen-bond donors (Lipinski definition) is 0. The van der Waals surface area contributed by atoms with Crippen molar-refractivity contribution in [3.05, 3.63) is 65.0 Å². The smallest absolute Gasteiger partial charge is 0.254 e. The molecule has 29 heavy (non-hydrogen) atoms. The first-order chi connectivity index (χ1) is 14.0. The molecule has 0 aromatic heterocycles. The average Bonchev–Trinajstić information content (AvgIpc) is 2.76. The predicted octanol–water partition coefficient (Wildman–Crippen LogP) is 3.87. The summed E-state index contributed by atoms with van der Waals surface area (Å²) in [5.74, 6) is -0.0240. The molecule has 0 N–H and O–H groups in total. The van der Waals surface area contributed by atoms with E-state index in [-0.39, 0.29) is 11.7 Å². The average molecular weight is 396 g/mol. The quantitative estimate of drug-likeness (QED) is 0.789. The van der Waals surface area contributed by atoms with Gasteiger partial charge < -0.3 is 9.80 Å². The minimum absolute atomic E-state index is 0.167. The van der Waals surface area contributed by atoms with Crippen LogP contribution in [-0.2, 0) is 0 Å². The summed E-state index contributed by atoms with van der Waals surface area (Å²) >= 11 is 0. The van der Waals surface area contributed by atoms with Gasteiger partial charge in [-0.15, -0.1) is 0 Å². The van der Waals surface area contributed by atoms with Crippen LogP contribution < -0.4 is 4.90 Å². The lowest BCUT2D eigenvalue weighted by Gasteiger charge is -2.44. The summed E-state index contributed by atoms with van der Waals surface area (Å²) in [6.45, 7) is 9.59. The van der Waals surface area contributed by atoms with Crippen LogP contribution in [-0.4, -0.2) is 61.0 Å². The van der Waals surface area contributed by atoms with Gasteiger partial charge >= 0.3 is 0 Å². The molecule has 1 atom stereocenters. The van der Waals surface area contributed by atoms with E-state index in [9.17, 15) is 9.18 Å². The molecule has 4 rings (SSSR count). The van der Waals surface area contributed by atoms with Crippen LogP contribution in [0.25, 0.3) is 0 Å². The molecular formula is C24H30FN3O. The lowest BCUT2D eigenvalue weighted by molar-refractivity contribution is 0.0563. The molecule has 2 aliphatic rings. The first-order valence-electron chi connectivity index (χ1n) is 10.6. The summed E-state index contributed by atoms with van der Waals surface area (Å²) in [5.41, 5.74) is 4.18. The number of likely N-dealkylation sites (tertiary alicyclic amines) is 1. The molecule has 2 saturated heterocycles. The number of hydrogen-bond acceptors (Lipinski definition) is 3. The fourth-order valence-corrected chi connectivity index (χ4v) is 4.59. The number of carbonyl (C=O) groups excluding carboxylic acids is 1. The van der Waals surface area contributed by atoms with E-state index in [0.717, 1.165) is 68.9 Å². The lowest BCUT2D eigenvalue weighted by atomic mass is 9.99. The molecule has 154 valence electrons. The summed E-state index contributed by atoms with van der Waals surface area (Å²) < 4.78 is 13.2. The number of nitrogens with zero attached hydrogens (tertiary/aromatic N) is 3. The zero-order valence-electron chi connectivity index (χ0n) is 17.4. The topological polar surface area (TPSA) is 26.8 Å². The van der Waals surface area contributed by atoms with Crippen molar-refractivity contribution in [2.45, 2.75) is 32.7 Å². The van der Waals surface area contributed by atoms with E-state index < -0.39 is 0 Å². The second kappa shape index (κ2) is 8.54. The normalized spacial score (nSPS) is 20.7. The van der Waals surface area contributed by atoms with Crippen LogP contribution in [0.3, 0.4) is 0 Å². The number of piperazine rings is 1. The fraction of sp³-hybridized carbons (Fsp3) is 0.458. The van der Waals surface area contributed by atoms with Gasteiger partial charge in [0.2, 0.25) is 0 Å². The molecule has 0 unspecified atom stereocenters. The number of aryl methyl sites for hydroxylation is 1. The van der Waals surface area contributed by atoms with E-state index in [1.54, 1.807) is 0 Å². The minimum atomic E-state index is -0.191. The molecule has 0 saturated carbocycles. The molecule has 0 aliphatic carbocycles. The molecule has 4 nitrogen and oxygen atoms in total. The molecule has 2 heterocycles. The Kier molecular flexibility index (Phi) is 5.86. The van der Waals surface area contributed by atoms with Crippen molar-refractivity contribution < 1.29 is 9.18 Å². The van der Waals surface area contributed by atoms with E-state index >= 15 is 0 Å². The Labute approximate surface area is 172 Å². The predicted molar refractivity (Wildman–Crippen MR) is 115 cm³/mol. The Hall–Kier alpha value is -2.40. The van der Waals surface area contributed by atoms with E-state index in [0.29, 0.717) is 6.04 Å². The summed E-state index contributed by atoms with van der Waals surface area (Å²) in [5, 5.41) is 0. The van der Waals surface area contributed by atoms with Crippen molar-refractivity contribution in [2.75, 3.05) is 44.2 Å². The number of benzene rings is 2. The molecule has 5 heteroatoms. The van der Waals surface area contributed by atoms with Gasteiger partial charge in [-0.05, 0) is 68.1 Å². The number of rotatable bonds is 3. The van der Waals surface area contributed by atoms with Crippen LogP contribution in [0.2, 0.25) is 0 Å². The van der Waals surface area contributed by atoms with Crippen LogP contribution >= 0.6 is 0 Å². The largest absolute Gasteiger partial charge is 0.369 e. The number of amides is 1. The minimum Gasteiger partial charge on any atom is -0.369 e. The van der Waals surface area contributed by atoms with Crippen molar-refractivity contribution >= 4 is 11.6 Å². The highest BCUT2D eigenvalue weighted by atomic mass is 19.1. The summed E-state index contributed by atoms with van der Waals surface area (Å²) in [6.07, 6.45) is 2.20. The highest BCUT2D eigenvalue weighted by Gasteiger charge is 2.30. The summed E-state index contributed by atoms with van der Waals surface area (Å²) in [7, 11) is 0. The van der Waals surface area contributed by atoms with Crippen LogP contribution in [0, 0.1) is 19.7 Å². The van der Waals surface area contributed by atoms with Crippen molar-refractivity contribution in [1.29, 1.82) is 0 Å². The van der Waals surface area contributed by atoms with Crippen molar-refractivity contribution in [1.82, 2.24) is 9.80 Å². The van der Waals surface area contributed by atoms with E-state index in [2.05, 4.69) is 22.8 Å². The first kappa shape index (κ1) is 19.9. The Balaban J connectivity index is 1.37. The Morgan fingerprint density at radius 2 is 1.69 bits per heavy atom. The zero-order valence-corrected chi connectivity index (χ0v) is 17.4. The van der Waals surface area contributed by atoms with Gasteiger partial charge in [-0.25, -0.2) is 4.39 Å². The molecule has 2 aromatic rings. The van der Waals surface area contributed by atoms with Gasteiger partial charge in [0, 0.05) is 56.6 Å². The number of carbonyl (C=O) groups is 1. The molecule has 0 radical (unpaired) electrons. The van der Waals surface area contributed by atoms with E-state index in [1.165, 1.54) is 17.7 Å².